The second-order valence-electron chi connectivity index (χ2n) is 5.51. The Balaban J connectivity index is 2.41. The van der Waals surface area contributed by atoms with E-state index in [9.17, 15) is 14.4 Å². The number of aryl methyl sites for hydroxylation is 1. The van der Waals surface area contributed by atoms with Crippen molar-refractivity contribution >= 4 is 5.91 Å². The molecule has 1 amide bonds. The largest absolute Gasteiger partial charge is 0.317 e. The van der Waals surface area contributed by atoms with Crippen LogP contribution in [0.1, 0.15) is 42.6 Å². The van der Waals surface area contributed by atoms with Gasteiger partial charge in [-0.05, 0) is 45.2 Å². The van der Waals surface area contributed by atoms with E-state index in [4.69, 9.17) is 0 Å². The third-order valence-corrected chi connectivity index (χ3v) is 3.43. The van der Waals surface area contributed by atoms with E-state index in [0.29, 0.717) is 5.56 Å². The van der Waals surface area contributed by atoms with E-state index < -0.39 is 17.3 Å². The van der Waals surface area contributed by atoms with E-state index in [-0.39, 0.29) is 11.6 Å². The Bertz CT molecular complexity index is 556. The van der Waals surface area contributed by atoms with Gasteiger partial charge in [0.1, 0.15) is 11.4 Å². The number of rotatable bonds is 3. The maximum atomic E-state index is 14.1. The topological polar surface area (TPSA) is 44.1 Å². The smallest absolute Gasteiger partial charge is 0.258 e. The van der Waals surface area contributed by atoms with Crippen molar-refractivity contribution in [2.24, 2.45) is 0 Å². The van der Waals surface area contributed by atoms with Gasteiger partial charge >= 0.3 is 0 Å². The fraction of sp³-hybridized carbons (Fsp3) is 0.467. The average Bonchev–Trinajstić information content (AvgIpc) is 3.17. The molecule has 19 heavy (non-hydrogen) atoms. The molecule has 0 bridgehead atoms. The lowest BCUT2D eigenvalue weighted by molar-refractivity contribution is 0.0610. The molecule has 0 aliphatic heterocycles. The quantitative estimate of drug-likeness (QED) is 0.838. The van der Waals surface area contributed by atoms with Crippen molar-refractivity contribution in [1.29, 1.82) is 5.26 Å². The number of hydrogen-bond donors (Lipinski definition) is 0. The monoisotopic (exact) mass is 260 g/mol. The average molecular weight is 260 g/mol. The van der Waals surface area contributed by atoms with Crippen molar-refractivity contribution < 1.29 is 9.18 Å². The van der Waals surface area contributed by atoms with Crippen LogP contribution in [0.4, 0.5) is 4.39 Å². The van der Waals surface area contributed by atoms with E-state index in [1.54, 1.807) is 32.9 Å². The zero-order valence-corrected chi connectivity index (χ0v) is 11.4. The fourth-order valence-corrected chi connectivity index (χ4v) is 2.21. The van der Waals surface area contributed by atoms with E-state index in [1.807, 2.05) is 0 Å². The fourth-order valence-electron chi connectivity index (χ4n) is 2.21. The van der Waals surface area contributed by atoms with Crippen LogP contribution in [0.2, 0.25) is 0 Å². The predicted molar refractivity (Wildman–Crippen MR) is 70.0 cm³/mol. The predicted octanol–water partition coefficient (Wildman–Crippen LogP) is 3.04. The third-order valence-electron chi connectivity index (χ3n) is 3.43. The van der Waals surface area contributed by atoms with Crippen molar-refractivity contribution in [2.45, 2.75) is 45.2 Å². The summed E-state index contributed by atoms with van der Waals surface area (Å²) in [4.78, 5) is 14.1. The summed E-state index contributed by atoms with van der Waals surface area (Å²) in [7, 11) is 0. The molecule has 1 fully saturated rings. The molecular weight excluding hydrogens is 243 g/mol. The van der Waals surface area contributed by atoms with Gasteiger partial charge in [0.15, 0.2) is 0 Å². The molecule has 0 N–H and O–H groups in total. The molecule has 0 heterocycles. The van der Waals surface area contributed by atoms with Gasteiger partial charge in [-0.15, -0.1) is 0 Å². The maximum absolute atomic E-state index is 14.1. The lowest BCUT2D eigenvalue weighted by Gasteiger charge is -2.33. The van der Waals surface area contributed by atoms with Crippen LogP contribution in [0.5, 0.6) is 0 Å². The van der Waals surface area contributed by atoms with Crippen LogP contribution in [0.3, 0.4) is 0 Å². The van der Waals surface area contributed by atoms with Gasteiger partial charge in [-0.25, -0.2) is 4.39 Å². The summed E-state index contributed by atoms with van der Waals surface area (Å²) < 4.78 is 14.1. The van der Waals surface area contributed by atoms with Crippen LogP contribution in [-0.4, -0.2) is 22.4 Å². The molecule has 1 saturated carbocycles. The lowest BCUT2D eigenvalue weighted by Crippen LogP contribution is -2.48. The molecule has 0 aromatic heterocycles. The summed E-state index contributed by atoms with van der Waals surface area (Å²) in [5.74, 6) is -0.887. The molecular formula is C15H17FN2O. The summed E-state index contributed by atoms with van der Waals surface area (Å²) in [5.41, 5.74) is -0.430. The molecule has 0 radical (unpaired) electrons. The first-order valence-corrected chi connectivity index (χ1v) is 6.38. The number of nitrogens with zero attached hydrogens (tertiary/aromatic N) is 2. The molecule has 0 atom stereocenters. The Morgan fingerprint density at radius 1 is 1.47 bits per heavy atom. The summed E-state index contributed by atoms with van der Waals surface area (Å²) in [6.07, 6.45) is 1.76. The minimum absolute atomic E-state index is 0.0511. The van der Waals surface area contributed by atoms with Gasteiger partial charge in [-0.3, -0.25) is 4.79 Å². The van der Waals surface area contributed by atoms with E-state index in [2.05, 4.69) is 6.07 Å². The van der Waals surface area contributed by atoms with E-state index >= 15 is 0 Å². The Hall–Kier alpha value is -1.89. The lowest BCUT2D eigenvalue weighted by atomic mass is 10.0. The van der Waals surface area contributed by atoms with Crippen molar-refractivity contribution in [3.05, 3.63) is 35.1 Å². The Morgan fingerprint density at radius 3 is 2.63 bits per heavy atom. The van der Waals surface area contributed by atoms with E-state index in [0.717, 1.165) is 12.8 Å². The first-order valence-electron chi connectivity index (χ1n) is 6.38. The van der Waals surface area contributed by atoms with Crippen LogP contribution >= 0.6 is 0 Å². The van der Waals surface area contributed by atoms with Gasteiger partial charge in [0.05, 0.1) is 11.6 Å². The second-order valence-corrected chi connectivity index (χ2v) is 5.51. The Labute approximate surface area is 112 Å². The SMILES string of the molecule is Cc1cccc(C(=O)N(C2CC2)C(C)(C)C#N)c1F. The normalized spacial score (nSPS) is 14.9. The number of amides is 1. The molecule has 1 aromatic rings. The van der Waals surface area contributed by atoms with E-state index in [1.165, 1.54) is 11.0 Å². The minimum Gasteiger partial charge on any atom is -0.317 e. The highest BCUT2D eigenvalue weighted by atomic mass is 19.1. The summed E-state index contributed by atoms with van der Waals surface area (Å²) in [6.45, 7) is 5.01. The highest BCUT2D eigenvalue weighted by Crippen LogP contribution is 2.34. The molecule has 1 aliphatic carbocycles. The molecule has 0 spiro atoms. The molecule has 4 heteroatoms. The zero-order valence-electron chi connectivity index (χ0n) is 11.4. The van der Waals surface area contributed by atoms with Crippen molar-refractivity contribution in [2.75, 3.05) is 0 Å². The maximum Gasteiger partial charge on any atom is 0.258 e. The van der Waals surface area contributed by atoms with Gasteiger partial charge in [-0.1, -0.05) is 12.1 Å². The zero-order chi connectivity index (χ0) is 14.2. The first-order chi connectivity index (χ1) is 8.88. The number of halogens is 1. The molecule has 0 saturated heterocycles. The molecule has 0 unspecified atom stereocenters. The standard InChI is InChI=1S/C15H17FN2O/c1-10-5-4-6-12(13(10)16)14(19)18(11-7-8-11)15(2,3)9-17/h4-6,11H,7-8H2,1-3H3. The summed E-state index contributed by atoms with van der Waals surface area (Å²) >= 11 is 0. The van der Waals surface area contributed by atoms with Crippen molar-refractivity contribution in [1.82, 2.24) is 4.90 Å². The Kier molecular flexibility index (Phi) is 3.32. The number of carbonyl (C=O) groups is 1. The molecule has 3 nitrogen and oxygen atoms in total. The number of hydrogen-bond acceptors (Lipinski definition) is 2. The van der Waals surface area contributed by atoms with Gasteiger partial charge < -0.3 is 4.90 Å². The number of nitriles is 1. The van der Waals surface area contributed by atoms with Gasteiger partial charge in [0, 0.05) is 6.04 Å². The van der Waals surface area contributed by atoms with Gasteiger partial charge in [-0.2, -0.15) is 5.26 Å². The second kappa shape index (κ2) is 4.65. The highest BCUT2D eigenvalue weighted by Gasteiger charge is 2.42. The summed E-state index contributed by atoms with van der Waals surface area (Å²) in [5, 5.41) is 9.22. The van der Waals surface area contributed by atoms with Crippen molar-refractivity contribution in [3.8, 4) is 6.07 Å². The van der Waals surface area contributed by atoms with Crippen LogP contribution in [0.15, 0.2) is 18.2 Å². The highest BCUT2D eigenvalue weighted by molar-refractivity contribution is 5.95. The number of carbonyl (C=O) groups excluding carboxylic acids is 1. The van der Waals surface area contributed by atoms with Crippen LogP contribution in [-0.2, 0) is 0 Å². The van der Waals surface area contributed by atoms with Crippen LogP contribution in [0, 0.1) is 24.1 Å². The number of benzene rings is 1. The van der Waals surface area contributed by atoms with Crippen molar-refractivity contribution in [3.63, 3.8) is 0 Å². The van der Waals surface area contributed by atoms with Crippen LogP contribution < -0.4 is 0 Å². The van der Waals surface area contributed by atoms with Gasteiger partial charge in [0.2, 0.25) is 0 Å². The Morgan fingerprint density at radius 2 is 2.11 bits per heavy atom. The van der Waals surface area contributed by atoms with Crippen LogP contribution in [0.25, 0.3) is 0 Å². The molecule has 100 valence electrons. The minimum atomic E-state index is -0.922. The molecule has 1 aromatic carbocycles. The summed E-state index contributed by atoms with van der Waals surface area (Å²) in [6, 6.07) is 6.96. The molecule has 2 rings (SSSR count). The van der Waals surface area contributed by atoms with Gasteiger partial charge in [0.25, 0.3) is 5.91 Å². The third kappa shape index (κ3) is 2.46. The molecule has 1 aliphatic rings. The first kappa shape index (κ1) is 13.5.